The van der Waals surface area contributed by atoms with Crippen LogP contribution in [0.25, 0.3) is 0 Å². The highest BCUT2D eigenvalue weighted by molar-refractivity contribution is 6.42. The standard InChI is InChI=1S/C13H18Cl2N2O/c1-3-4-12(16)13(18)17-8(2)9-5-6-10(14)11(15)7-9/h5-8,12H,3-4,16H2,1-2H3,(H,17,18)/t8?,12-/m1/s1. The minimum Gasteiger partial charge on any atom is -0.348 e. The molecule has 0 spiro atoms. The lowest BCUT2D eigenvalue weighted by Gasteiger charge is -2.18. The van der Waals surface area contributed by atoms with Crippen molar-refractivity contribution in [3.05, 3.63) is 33.8 Å². The van der Waals surface area contributed by atoms with E-state index in [-0.39, 0.29) is 11.9 Å². The number of benzene rings is 1. The van der Waals surface area contributed by atoms with Gasteiger partial charge in [-0.2, -0.15) is 0 Å². The molecule has 0 bridgehead atoms. The van der Waals surface area contributed by atoms with Gasteiger partial charge in [-0.25, -0.2) is 0 Å². The van der Waals surface area contributed by atoms with Crippen molar-refractivity contribution in [2.24, 2.45) is 5.73 Å². The summed E-state index contributed by atoms with van der Waals surface area (Å²) in [5.41, 5.74) is 6.65. The number of carbonyl (C=O) groups is 1. The van der Waals surface area contributed by atoms with Crippen molar-refractivity contribution in [1.82, 2.24) is 5.32 Å². The summed E-state index contributed by atoms with van der Waals surface area (Å²) >= 11 is 11.8. The lowest BCUT2D eigenvalue weighted by Crippen LogP contribution is -2.41. The van der Waals surface area contributed by atoms with Gasteiger partial charge in [0.15, 0.2) is 0 Å². The van der Waals surface area contributed by atoms with E-state index >= 15 is 0 Å². The van der Waals surface area contributed by atoms with Crippen LogP contribution in [0.2, 0.25) is 10.0 Å². The molecule has 0 saturated heterocycles. The highest BCUT2D eigenvalue weighted by atomic mass is 35.5. The van der Waals surface area contributed by atoms with Crippen molar-refractivity contribution < 1.29 is 4.79 Å². The Bertz CT molecular complexity index is 423. The van der Waals surface area contributed by atoms with Gasteiger partial charge in [-0.05, 0) is 31.0 Å². The zero-order chi connectivity index (χ0) is 13.7. The molecule has 0 aliphatic rings. The van der Waals surface area contributed by atoms with E-state index in [2.05, 4.69) is 5.32 Å². The smallest absolute Gasteiger partial charge is 0.237 e. The minimum atomic E-state index is -0.458. The average Bonchev–Trinajstić information content (AvgIpc) is 2.32. The molecule has 0 aromatic heterocycles. The summed E-state index contributed by atoms with van der Waals surface area (Å²) in [7, 11) is 0. The summed E-state index contributed by atoms with van der Waals surface area (Å²) in [4.78, 5) is 11.8. The largest absolute Gasteiger partial charge is 0.348 e. The zero-order valence-corrected chi connectivity index (χ0v) is 12.1. The fraction of sp³-hybridized carbons (Fsp3) is 0.462. The van der Waals surface area contributed by atoms with E-state index in [9.17, 15) is 4.79 Å². The molecule has 0 saturated carbocycles. The first-order valence-corrected chi connectivity index (χ1v) is 6.72. The van der Waals surface area contributed by atoms with Gasteiger partial charge in [0.1, 0.15) is 0 Å². The van der Waals surface area contributed by atoms with Gasteiger partial charge in [-0.15, -0.1) is 0 Å². The van der Waals surface area contributed by atoms with Gasteiger partial charge in [-0.3, -0.25) is 4.79 Å². The number of amides is 1. The second-order valence-electron chi connectivity index (χ2n) is 4.30. The molecular weight excluding hydrogens is 271 g/mol. The van der Waals surface area contributed by atoms with Crippen molar-refractivity contribution >= 4 is 29.1 Å². The number of nitrogens with one attached hydrogen (secondary N) is 1. The molecule has 3 nitrogen and oxygen atoms in total. The molecule has 0 aliphatic heterocycles. The van der Waals surface area contributed by atoms with Crippen molar-refractivity contribution in [2.75, 3.05) is 0 Å². The van der Waals surface area contributed by atoms with Crippen molar-refractivity contribution in [3.8, 4) is 0 Å². The van der Waals surface area contributed by atoms with E-state index in [4.69, 9.17) is 28.9 Å². The van der Waals surface area contributed by atoms with Crippen LogP contribution in [0.1, 0.15) is 38.3 Å². The fourth-order valence-electron chi connectivity index (χ4n) is 1.63. The molecule has 0 fully saturated rings. The SMILES string of the molecule is CCC[C@@H](N)C(=O)NC(C)c1ccc(Cl)c(Cl)c1. The van der Waals surface area contributed by atoms with Crippen LogP contribution in [0, 0.1) is 0 Å². The van der Waals surface area contributed by atoms with Gasteiger partial charge in [-0.1, -0.05) is 42.6 Å². The third kappa shape index (κ3) is 4.16. The lowest BCUT2D eigenvalue weighted by molar-refractivity contribution is -0.123. The Kier molecular flexibility index (Phi) is 5.93. The summed E-state index contributed by atoms with van der Waals surface area (Å²) in [5, 5.41) is 3.84. The maximum absolute atomic E-state index is 11.8. The number of rotatable bonds is 5. The molecule has 3 N–H and O–H groups in total. The van der Waals surface area contributed by atoms with Crippen LogP contribution in [-0.2, 0) is 4.79 Å². The Hall–Kier alpha value is -0.770. The van der Waals surface area contributed by atoms with E-state index < -0.39 is 6.04 Å². The molecule has 1 aromatic rings. The highest BCUT2D eigenvalue weighted by Crippen LogP contribution is 2.25. The molecular formula is C13H18Cl2N2O. The topological polar surface area (TPSA) is 55.1 Å². The normalized spacial score (nSPS) is 14.1. The zero-order valence-electron chi connectivity index (χ0n) is 10.5. The predicted molar refractivity (Wildman–Crippen MR) is 75.9 cm³/mol. The first-order valence-electron chi connectivity index (χ1n) is 5.96. The van der Waals surface area contributed by atoms with Gasteiger partial charge in [0, 0.05) is 0 Å². The summed E-state index contributed by atoms with van der Waals surface area (Å²) in [5.74, 6) is -0.143. The Labute approximate surface area is 118 Å². The monoisotopic (exact) mass is 288 g/mol. The second-order valence-corrected chi connectivity index (χ2v) is 5.11. The van der Waals surface area contributed by atoms with Crippen LogP contribution in [0.3, 0.4) is 0 Å². The summed E-state index contributed by atoms with van der Waals surface area (Å²) in [6.45, 7) is 3.88. The van der Waals surface area contributed by atoms with E-state index in [1.54, 1.807) is 12.1 Å². The molecule has 0 aliphatic carbocycles. The molecule has 1 rings (SSSR count). The maximum atomic E-state index is 11.8. The van der Waals surface area contributed by atoms with E-state index in [0.717, 1.165) is 12.0 Å². The van der Waals surface area contributed by atoms with E-state index in [1.807, 2.05) is 19.9 Å². The van der Waals surface area contributed by atoms with Crippen LogP contribution in [0.4, 0.5) is 0 Å². The van der Waals surface area contributed by atoms with Crippen LogP contribution < -0.4 is 11.1 Å². The summed E-state index contributed by atoms with van der Waals surface area (Å²) in [6.07, 6.45) is 1.57. The second kappa shape index (κ2) is 6.98. The van der Waals surface area contributed by atoms with Gasteiger partial charge in [0.2, 0.25) is 5.91 Å². The number of nitrogens with two attached hydrogens (primary N) is 1. The van der Waals surface area contributed by atoms with Crippen LogP contribution in [0.15, 0.2) is 18.2 Å². The molecule has 1 amide bonds. The fourth-order valence-corrected chi connectivity index (χ4v) is 1.93. The van der Waals surface area contributed by atoms with E-state index in [0.29, 0.717) is 16.5 Å². The number of halogens is 2. The quantitative estimate of drug-likeness (QED) is 0.873. The van der Waals surface area contributed by atoms with Gasteiger partial charge < -0.3 is 11.1 Å². The average molecular weight is 289 g/mol. The minimum absolute atomic E-state index is 0.143. The van der Waals surface area contributed by atoms with Crippen molar-refractivity contribution in [1.29, 1.82) is 0 Å². The Balaban J connectivity index is 2.67. The summed E-state index contributed by atoms with van der Waals surface area (Å²) in [6, 6.07) is 4.70. The Morgan fingerprint density at radius 3 is 2.61 bits per heavy atom. The molecule has 18 heavy (non-hydrogen) atoms. The number of hydrogen-bond donors (Lipinski definition) is 2. The predicted octanol–water partition coefficient (Wildman–Crippen LogP) is 3.30. The Morgan fingerprint density at radius 2 is 2.06 bits per heavy atom. The molecule has 1 aromatic carbocycles. The molecule has 100 valence electrons. The highest BCUT2D eigenvalue weighted by Gasteiger charge is 2.16. The molecule has 1 unspecified atom stereocenters. The number of hydrogen-bond acceptors (Lipinski definition) is 2. The lowest BCUT2D eigenvalue weighted by atomic mass is 10.1. The Morgan fingerprint density at radius 1 is 1.39 bits per heavy atom. The maximum Gasteiger partial charge on any atom is 0.237 e. The number of carbonyl (C=O) groups excluding carboxylic acids is 1. The van der Waals surface area contributed by atoms with E-state index in [1.165, 1.54) is 0 Å². The first-order chi connectivity index (χ1) is 8.45. The van der Waals surface area contributed by atoms with Gasteiger partial charge >= 0.3 is 0 Å². The molecule has 0 radical (unpaired) electrons. The van der Waals surface area contributed by atoms with Crippen molar-refractivity contribution in [2.45, 2.75) is 38.8 Å². The third-order valence-electron chi connectivity index (χ3n) is 2.74. The van der Waals surface area contributed by atoms with Crippen LogP contribution in [-0.4, -0.2) is 11.9 Å². The molecule has 5 heteroatoms. The summed E-state index contributed by atoms with van der Waals surface area (Å²) < 4.78 is 0. The van der Waals surface area contributed by atoms with Crippen molar-refractivity contribution in [3.63, 3.8) is 0 Å². The first kappa shape index (κ1) is 15.3. The van der Waals surface area contributed by atoms with Crippen LogP contribution in [0.5, 0.6) is 0 Å². The van der Waals surface area contributed by atoms with Gasteiger partial charge in [0.05, 0.1) is 22.1 Å². The molecule has 0 heterocycles. The van der Waals surface area contributed by atoms with Gasteiger partial charge in [0.25, 0.3) is 0 Å². The third-order valence-corrected chi connectivity index (χ3v) is 3.48. The van der Waals surface area contributed by atoms with Crippen LogP contribution >= 0.6 is 23.2 Å². The molecule has 2 atom stereocenters.